The summed E-state index contributed by atoms with van der Waals surface area (Å²) in [6.07, 6.45) is 4.39. The summed E-state index contributed by atoms with van der Waals surface area (Å²) in [5, 5.41) is 0. The molecule has 1 saturated carbocycles. The van der Waals surface area contributed by atoms with Crippen LogP contribution in [0.2, 0.25) is 0 Å². The van der Waals surface area contributed by atoms with E-state index >= 15 is 0 Å². The maximum atomic E-state index is 12.5. The van der Waals surface area contributed by atoms with Gasteiger partial charge in [-0.3, -0.25) is 4.79 Å². The first-order valence-corrected chi connectivity index (χ1v) is 8.04. The van der Waals surface area contributed by atoms with Crippen LogP contribution < -0.4 is 5.56 Å². The minimum Gasteiger partial charge on any atom is -0.328 e. The van der Waals surface area contributed by atoms with E-state index < -0.39 is 10.0 Å². The number of hydrogen-bond donors (Lipinski definition) is 1. The van der Waals surface area contributed by atoms with Crippen LogP contribution in [0.4, 0.5) is 0 Å². The van der Waals surface area contributed by atoms with Crippen molar-refractivity contribution in [1.29, 1.82) is 0 Å². The lowest BCUT2D eigenvalue weighted by molar-refractivity contribution is 0.0455. The second kappa shape index (κ2) is 5.31. The van der Waals surface area contributed by atoms with Crippen molar-refractivity contribution in [2.75, 3.05) is 27.7 Å². The van der Waals surface area contributed by atoms with Gasteiger partial charge in [-0.15, -0.1) is 0 Å². The van der Waals surface area contributed by atoms with Crippen LogP contribution in [-0.2, 0) is 10.0 Å². The number of pyridine rings is 1. The molecule has 0 radical (unpaired) electrons. The molecule has 0 bridgehead atoms. The minimum absolute atomic E-state index is 0.0655. The summed E-state index contributed by atoms with van der Waals surface area (Å²) < 4.78 is 26.3. The van der Waals surface area contributed by atoms with E-state index in [0.717, 1.165) is 19.3 Å². The summed E-state index contributed by atoms with van der Waals surface area (Å²) in [5.74, 6) is 0. The Kier molecular flexibility index (Phi) is 4.04. The molecule has 0 spiro atoms. The van der Waals surface area contributed by atoms with Gasteiger partial charge < -0.3 is 9.88 Å². The number of H-pyrrole nitrogens is 1. The molecule has 1 aromatic rings. The van der Waals surface area contributed by atoms with Crippen LogP contribution in [0.15, 0.2) is 28.0 Å². The van der Waals surface area contributed by atoms with Crippen LogP contribution in [0, 0.1) is 0 Å². The summed E-state index contributed by atoms with van der Waals surface area (Å²) in [4.78, 5) is 15.6. The number of likely N-dealkylation sites (N-methyl/N-ethyl adjacent to an activating group) is 2. The van der Waals surface area contributed by atoms with Crippen molar-refractivity contribution in [2.24, 2.45) is 0 Å². The molecule has 6 nitrogen and oxygen atoms in total. The number of nitrogens with zero attached hydrogens (tertiary/aromatic N) is 2. The Morgan fingerprint density at radius 1 is 1.25 bits per heavy atom. The van der Waals surface area contributed by atoms with Gasteiger partial charge in [0.2, 0.25) is 15.6 Å². The highest BCUT2D eigenvalue weighted by atomic mass is 32.2. The Labute approximate surface area is 119 Å². The van der Waals surface area contributed by atoms with Crippen molar-refractivity contribution in [1.82, 2.24) is 14.2 Å². The van der Waals surface area contributed by atoms with Crippen LogP contribution in [0.1, 0.15) is 19.3 Å². The van der Waals surface area contributed by atoms with Gasteiger partial charge in [0.1, 0.15) is 0 Å². The Morgan fingerprint density at radius 3 is 2.30 bits per heavy atom. The molecule has 1 aliphatic rings. The van der Waals surface area contributed by atoms with Gasteiger partial charge in [-0.1, -0.05) is 0 Å². The first-order valence-electron chi connectivity index (χ1n) is 6.60. The van der Waals surface area contributed by atoms with Gasteiger partial charge in [0, 0.05) is 31.4 Å². The average Bonchev–Trinajstić information content (AvgIpc) is 2.33. The number of rotatable bonds is 5. The molecule has 0 atom stereocenters. The monoisotopic (exact) mass is 299 g/mol. The molecular weight excluding hydrogens is 278 g/mol. The fourth-order valence-corrected chi connectivity index (χ4v) is 3.79. The Balaban J connectivity index is 2.21. The number of aromatic nitrogens is 1. The van der Waals surface area contributed by atoms with E-state index in [2.05, 4.69) is 9.88 Å². The quantitative estimate of drug-likeness (QED) is 0.858. The van der Waals surface area contributed by atoms with Crippen LogP contribution >= 0.6 is 0 Å². The normalized spacial score (nSPS) is 18.2. The molecule has 1 aromatic heterocycles. The van der Waals surface area contributed by atoms with E-state index in [-0.39, 0.29) is 16.0 Å². The molecule has 1 fully saturated rings. The predicted molar refractivity (Wildman–Crippen MR) is 77.1 cm³/mol. The molecule has 112 valence electrons. The summed E-state index contributed by atoms with van der Waals surface area (Å²) in [6, 6.07) is 2.57. The second-order valence-electron chi connectivity index (χ2n) is 5.62. The second-order valence-corrected chi connectivity index (χ2v) is 7.67. The van der Waals surface area contributed by atoms with E-state index in [9.17, 15) is 13.2 Å². The van der Waals surface area contributed by atoms with Gasteiger partial charge in [-0.25, -0.2) is 8.42 Å². The molecule has 7 heteroatoms. The van der Waals surface area contributed by atoms with Crippen molar-refractivity contribution in [3.05, 3.63) is 28.7 Å². The molecule has 2 rings (SSSR count). The number of aromatic amines is 1. The highest BCUT2D eigenvalue weighted by molar-refractivity contribution is 7.89. The smallest absolute Gasteiger partial charge is 0.247 e. The standard InChI is InChI=1S/C13H21N3O3S/c1-15(2)13(7-4-8-13)10-16(3)20(18,19)11-5-6-12(17)14-9-11/h5-6,9H,4,7-8,10H2,1-3H3,(H,14,17). The van der Waals surface area contributed by atoms with Crippen LogP contribution in [0.5, 0.6) is 0 Å². The van der Waals surface area contributed by atoms with E-state index in [1.165, 1.54) is 22.6 Å². The van der Waals surface area contributed by atoms with Crippen LogP contribution in [-0.4, -0.2) is 55.8 Å². The first kappa shape index (κ1) is 15.2. The predicted octanol–water partition coefficient (Wildman–Crippen LogP) is 0.480. The largest absolute Gasteiger partial charge is 0.328 e. The molecule has 0 saturated heterocycles. The van der Waals surface area contributed by atoms with Crippen molar-refractivity contribution < 1.29 is 8.42 Å². The highest BCUT2D eigenvalue weighted by Crippen LogP contribution is 2.37. The topological polar surface area (TPSA) is 73.5 Å². The molecule has 0 unspecified atom stereocenters. The van der Waals surface area contributed by atoms with E-state index in [1.807, 2.05) is 14.1 Å². The summed E-state index contributed by atoms with van der Waals surface area (Å²) in [6.45, 7) is 0.460. The summed E-state index contributed by atoms with van der Waals surface area (Å²) in [7, 11) is 2.00. The van der Waals surface area contributed by atoms with E-state index in [1.54, 1.807) is 7.05 Å². The lowest BCUT2D eigenvalue weighted by Crippen LogP contribution is -2.57. The highest BCUT2D eigenvalue weighted by Gasteiger charge is 2.42. The molecule has 0 aliphatic heterocycles. The van der Waals surface area contributed by atoms with Gasteiger partial charge >= 0.3 is 0 Å². The molecule has 1 heterocycles. The van der Waals surface area contributed by atoms with Crippen LogP contribution in [0.25, 0.3) is 0 Å². The van der Waals surface area contributed by atoms with Gasteiger partial charge in [-0.2, -0.15) is 4.31 Å². The lowest BCUT2D eigenvalue weighted by Gasteiger charge is -2.48. The number of sulfonamides is 1. The Hall–Kier alpha value is -1.18. The summed E-state index contributed by atoms with van der Waals surface area (Å²) in [5.41, 5.74) is -0.375. The van der Waals surface area contributed by atoms with Gasteiger partial charge in [0.15, 0.2) is 0 Å². The zero-order chi connectivity index (χ0) is 15.0. The van der Waals surface area contributed by atoms with Crippen molar-refractivity contribution in [3.63, 3.8) is 0 Å². The average molecular weight is 299 g/mol. The van der Waals surface area contributed by atoms with Crippen molar-refractivity contribution in [3.8, 4) is 0 Å². The Morgan fingerprint density at radius 2 is 1.90 bits per heavy atom. The van der Waals surface area contributed by atoms with Gasteiger partial charge in [0.05, 0.1) is 4.90 Å². The van der Waals surface area contributed by atoms with E-state index in [0.29, 0.717) is 6.54 Å². The molecule has 0 aromatic carbocycles. The third-order valence-corrected chi connectivity index (χ3v) is 6.01. The summed E-state index contributed by atoms with van der Waals surface area (Å²) >= 11 is 0. The fraction of sp³-hybridized carbons (Fsp3) is 0.615. The molecule has 1 N–H and O–H groups in total. The van der Waals surface area contributed by atoms with Crippen LogP contribution in [0.3, 0.4) is 0 Å². The third-order valence-electron chi connectivity index (χ3n) is 4.21. The SMILES string of the molecule is CN(C)C1(CN(C)S(=O)(=O)c2ccc(=O)[nH]c2)CCC1. The zero-order valence-electron chi connectivity index (χ0n) is 12.1. The van der Waals surface area contributed by atoms with Gasteiger partial charge in [-0.05, 0) is 39.4 Å². The third kappa shape index (κ3) is 2.65. The van der Waals surface area contributed by atoms with Gasteiger partial charge in [0.25, 0.3) is 0 Å². The number of hydrogen-bond acceptors (Lipinski definition) is 4. The molecule has 1 aliphatic carbocycles. The maximum Gasteiger partial charge on any atom is 0.247 e. The first-order chi connectivity index (χ1) is 9.28. The van der Waals surface area contributed by atoms with Crippen molar-refractivity contribution in [2.45, 2.75) is 29.7 Å². The van der Waals surface area contributed by atoms with Crippen molar-refractivity contribution >= 4 is 10.0 Å². The number of nitrogens with one attached hydrogen (secondary N) is 1. The molecular formula is C13H21N3O3S. The molecule has 0 amide bonds. The maximum absolute atomic E-state index is 12.5. The minimum atomic E-state index is -3.56. The Bertz CT molecular complexity index is 612. The fourth-order valence-electron chi connectivity index (χ4n) is 2.57. The lowest BCUT2D eigenvalue weighted by atomic mass is 9.75. The van der Waals surface area contributed by atoms with E-state index in [4.69, 9.17) is 0 Å². The molecule has 20 heavy (non-hydrogen) atoms. The zero-order valence-corrected chi connectivity index (χ0v) is 12.9.